The number of fused-ring (bicyclic) bond motifs is 1. The number of aromatic nitrogens is 4. The maximum atomic E-state index is 13.8. The van der Waals surface area contributed by atoms with Gasteiger partial charge in [0.1, 0.15) is 17.3 Å². The Hall–Kier alpha value is -7.64. The van der Waals surface area contributed by atoms with Crippen molar-refractivity contribution >= 4 is 69.9 Å². The lowest BCUT2D eigenvalue weighted by Gasteiger charge is -2.33. The van der Waals surface area contributed by atoms with Crippen molar-refractivity contribution in [3.8, 4) is 11.3 Å². The van der Waals surface area contributed by atoms with E-state index in [0.717, 1.165) is 60.7 Å². The molecule has 0 bridgehead atoms. The Morgan fingerprint density at radius 1 is 0.932 bits per heavy atom. The molecule has 7 amide bonds. The van der Waals surface area contributed by atoms with Gasteiger partial charge in [0.25, 0.3) is 11.8 Å². The molecule has 0 spiro atoms. The first-order chi connectivity index (χ1) is 34.9. The zero-order chi connectivity index (χ0) is 52.0. The number of hydrogen-bond donors (Lipinski definition) is 4. The highest BCUT2D eigenvalue weighted by molar-refractivity contribution is 6.07. The first kappa shape index (κ1) is 51.7. The molecule has 73 heavy (non-hydrogen) atoms. The van der Waals surface area contributed by atoms with Crippen LogP contribution in [-0.2, 0) is 20.6 Å². The fourth-order valence-corrected chi connectivity index (χ4v) is 10.0. The van der Waals surface area contributed by atoms with Gasteiger partial charge in [0, 0.05) is 92.3 Å². The molecule has 384 valence electrons. The number of hydrogen-bond acceptors (Lipinski definition) is 10. The number of nitrogens with two attached hydrogens (primary N) is 2. The van der Waals surface area contributed by atoms with Crippen LogP contribution in [0.1, 0.15) is 121 Å². The Morgan fingerprint density at radius 2 is 1.68 bits per heavy atom. The number of primary amides is 1. The number of benzene rings is 2. The third-order valence-electron chi connectivity index (χ3n) is 14.1. The van der Waals surface area contributed by atoms with Crippen LogP contribution in [-0.4, -0.2) is 97.8 Å². The zero-order valence-corrected chi connectivity index (χ0v) is 40.9. The zero-order valence-electron chi connectivity index (χ0n) is 40.9. The van der Waals surface area contributed by atoms with Crippen molar-refractivity contribution in [3.63, 3.8) is 0 Å². The number of nitrogens with one attached hydrogen (secondary N) is 2. The minimum absolute atomic E-state index is 0.0141. The molecule has 5 heterocycles. The molecule has 2 saturated heterocycles. The van der Waals surface area contributed by atoms with E-state index in [9.17, 15) is 41.9 Å². The van der Waals surface area contributed by atoms with Gasteiger partial charge < -0.3 is 26.6 Å². The highest BCUT2D eigenvalue weighted by Gasteiger charge is 2.32. The first-order valence-corrected chi connectivity index (χ1v) is 24.8. The summed E-state index contributed by atoms with van der Waals surface area (Å²) in [4.78, 5) is 90.0. The van der Waals surface area contributed by atoms with E-state index >= 15 is 0 Å². The highest BCUT2D eigenvalue weighted by atomic mass is 19.4. The Labute approximate surface area is 420 Å². The Bertz CT molecular complexity index is 2930. The van der Waals surface area contributed by atoms with E-state index in [1.165, 1.54) is 4.90 Å². The molecule has 6 N–H and O–H groups in total. The molecule has 20 heteroatoms. The fourth-order valence-electron chi connectivity index (χ4n) is 10.0. The van der Waals surface area contributed by atoms with Gasteiger partial charge in [-0.1, -0.05) is 50.1 Å². The van der Waals surface area contributed by atoms with E-state index < -0.39 is 29.6 Å². The van der Waals surface area contributed by atoms with Gasteiger partial charge in [-0.2, -0.15) is 18.3 Å². The number of piperidine rings is 1. The van der Waals surface area contributed by atoms with Crippen LogP contribution in [0, 0.1) is 18.8 Å². The molecule has 1 saturated carbocycles. The number of carbonyl (C=O) groups is 6. The largest absolute Gasteiger partial charge is 0.416 e. The predicted octanol–water partition coefficient (Wildman–Crippen LogP) is 8.29. The van der Waals surface area contributed by atoms with Gasteiger partial charge in [-0.3, -0.25) is 38.9 Å². The molecule has 1 unspecified atom stereocenters. The van der Waals surface area contributed by atoms with Crippen molar-refractivity contribution < 1.29 is 41.9 Å². The number of urea groups is 1. The van der Waals surface area contributed by atoms with E-state index in [-0.39, 0.29) is 79.2 Å². The predicted molar refractivity (Wildman–Crippen MR) is 270 cm³/mol. The lowest BCUT2D eigenvalue weighted by atomic mass is 9.87. The summed E-state index contributed by atoms with van der Waals surface area (Å²) in [5, 5.41) is 10.6. The fraction of sp³-hybridized carbons (Fsp3) is 0.415. The number of pyridine rings is 2. The van der Waals surface area contributed by atoms with Crippen LogP contribution < -0.4 is 27.0 Å². The van der Waals surface area contributed by atoms with Gasteiger partial charge in [-0.05, 0) is 99.2 Å². The van der Waals surface area contributed by atoms with Crippen LogP contribution in [0.15, 0.2) is 73.1 Å². The van der Waals surface area contributed by atoms with Gasteiger partial charge in [-0.25, -0.2) is 14.8 Å². The second kappa shape index (κ2) is 22.4. The summed E-state index contributed by atoms with van der Waals surface area (Å²) in [6.07, 6.45) is 8.89. The molecular formula is C53H60F3N11O6. The molecule has 3 fully saturated rings. The van der Waals surface area contributed by atoms with E-state index in [2.05, 4.69) is 27.5 Å². The van der Waals surface area contributed by atoms with Gasteiger partial charge in [0.05, 0.1) is 22.5 Å². The van der Waals surface area contributed by atoms with E-state index in [4.69, 9.17) is 16.6 Å². The summed E-state index contributed by atoms with van der Waals surface area (Å²) in [5.41, 5.74) is 16.1. The number of alkyl halides is 3. The third-order valence-corrected chi connectivity index (χ3v) is 14.1. The number of nitrogen functional groups attached to an aromatic ring is 1. The number of nitrogens with zero attached hydrogens (tertiary/aromatic N) is 7. The summed E-state index contributed by atoms with van der Waals surface area (Å²) >= 11 is 0. The number of carbonyl (C=O) groups excluding carboxylic acids is 6. The number of amides is 7. The van der Waals surface area contributed by atoms with Crippen LogP contribution >= 0.6 is 0 Å². The average Bonchev–Trinajstić information content (AvgIpc) is 3.78. The van der Waals surface area contributed by atoms with Crippen molar-refractivity contribution in [1.29, 1.82) is 0 Å². The molecule has 8 rings (SSSR count). The van der Waals surface area contributed by atoms with Gasteiger partial charge in [-0.15, -0.1) is 0 Å². The summed E-state index contributed by atoms with van der Waals surface area (Å²) in [7, 11) is 0. The van der Waals surface area contributed by atoms with Crippen LogP contribution in [0.5, 0.6) is 0 Å². The molecule has 3 aliphatic rings. The van der Waals surface area contributed by atoms with Crippen LogP contribution in [0.4, 0.5) is 35.3 Å². The minimum atomic E-state index is -4.60. The van der Waals surface area contributed by atoms with Gasteiger partial charge >= 0.3 is 12.2 Å². The monoisotopic (exact) mass is 1000 g/mol. The van der Waals surface area contributed by atoms with E-state index in [1.54, 1.807) is 58.5 Å². The Kier molecular flexibility index (Phi) is 15.9. The Balaban J connectivity index is 0.920. The number of likely N-dealkylation sites (tertiary alicyclic amines) is 1. The lowest BCUT2D eigenvalue weighted by molar-refractivity contribution is -0.137. The standard InChI is InChI=1S/C53H60F3N11O6/c1-32-6-5-8-40(28-32)67-48-38(31-60-49(58)46(48)47(63-67)35-12-14-36(15-13-35)50(71)61-43-30-39(17-22-59-43)53(54,55)56)7-3-4-23-64(26-20-42(57)68)45(70)16-10-34-18-24-65(25-19-34)51(72)37-11-9-33(2)41(29-37)66-27-21-44(69)62-52(66)73/h3,7,9,11-15,17,22,29-32,34,40H,4-6,8,10,16,18-21,23-28H2,1-2H3,(H2,57,68)(H2,58,60)(H,59,61,71)(H,62,69,73)/b7-3+/t32?,40-/m1/s1. The molecule has 3 aromatic heterocycles. The van der Waals surface area contributed by atoms with Gasteiger partial charge in [0.2, 0.25) is 17.7 Å². The van der Waals surface area contributed by atoms with Crippen LogP contribution in [0.3, 0.4) is 0 Å². The molecule has 0 radical (unpaired) electrons. The molecule has 17 nitrogen and oxygen atoms in total. The van der Waals surface area contributed by atoms with Crippen molar-refractivity contribution in [1.82, 2.24) is 34.9 Å². The number of halogens is 3. The summed E-state index contributed by atoms with van der Waals surface area (Å²) in [5.74, 6) is -1.00. The number of aryl methyl sites for hydroxylation is 1. The SMILES string of the molecule is Cc1ccc(C(=O)N2CCC(CCC(=O)N(CC/C=C/c3cnc(N)c4c(-c5ccc(C(=O)Nc6cc(C(F)(F)F)ccn6)cc5)nn([C@@H]5CCCC(C)C5)c34)CCC(N)=O)CC2)cc1N1CCC(=O)NC1=O. The number of imide groups is 1. The van der Waals surface area contributed by atoms with Crippen molar-refractivity contribution in [2.45, 2.75) is 96.7 Å². The van der Waals surface area contributed by atoms with Crippen LogP contribution in [0.2, 0.25) is 0 Å². The highest BCUT2D eigenvalue weighted by Crippen LogP contribution is 2.40. The maximum Gasteiger partial charge on any atom is 0.416 e. The first-order valence-electron chi connectivity index (χ1n) is 24.8. The molecular weight excluding hydrogens is 944 g/mol. The molecule has 2 atom stereocenters. The number of rotatable bonds is 16. The second-order valence-corrected chi connectivity index (χ2v) is 19.3. The van der Waals surface area contributed by atoms with Crippen molar-refractivity contribution in [2.24, 2.45) is 17.6 Å². The second-order valence-electron chi connectivity index (χ2n) is 19.3. The quantitative estimate of drug-likeness (QED) is 0.0739. The summed E-state index contributed by atoms with van der Waals surface area (Å²) in [6.45, 7) is 5.85. The molecule has 2 aromatic carbocycles. The lowest BCUT2D eigenvalue weighted by Crippen LogP contribution is -2.49. The van der Waals surface area contributed by atoms with E-state index in [1.807, 2.05) is 23.8 Å². The third kappa shape index (κ3) is 12.3. The summed E-state index contributed by atoms with van der Waals surface area (Å²) in [6, 6.07) is 13.0. The topological polar surface area (TPSA) is 232 Å². The number of anilines is 3. The van der Waals surface area contributed by atoms with Crippen LogP contribution in [0.25, 0.3) is 28.2 Å². The molecule has 1 aliphatic carbocycles. The minimum Gasteiger partial charge on any atom is -0.383 e. The average molecular weight is 1000 g/mol. The molecule has 5 aromatic rings. The summed E-state index contributed by atoms with van der Waals surface area (Å²) < 4.78 is 41.9. The smallest absolute Gasteiger partial charge is 0.383 e. The van der Waals surface area contributed by atoms with Gasteiger partial charge in [0.15, 0.2) is 0 Å². The maximum absolute atomic E-state index is 13.8. The van der Waals surface area contributed by atoms with E-state index in [0.29, 0.717) is 79.1 Å². The van der Waals surface area contributed by atoms with Crippen molar-refractivity contribution in [3.05, 3.63) is 101 Å². The van der Waals surface area contributed by atoms with Crippen molar-refractivity contribution in [2.75, 3.05) is 48.7 Å². The Morgan fingerprint density at radius 3 is 2.40 bits per heavy atom. The normalized spacial score (nSPS) is 17.8. The molecule has 2 aliphatic heterocycles.